The van der Waals surface area contributed by atoms with Crippen molar-refractivity contribution in [2.75, 3.05) is 41.0 Å². The molecule has 25 heavy (non-hydrogen) atoms. The molecule has 0 aliphatic rings. The van der Waals surface area contributed by atoms with E-state index in [0.29, 0.717) is 6.61 Å². The molecule has 0 aliphatic heterocycles. The van der Waals surface area contributed by atoms with E-state index in [0.717, 1.165) is 12.8 Å². The first-order chi connectivity index (χ1) is 11.8. The highest BCUT2D eigenvalue weighted by atomic mass is 16.5. The smallest absolute Gasteiger partial charge is 0.307 e. The number of quaternary nitrogens is 1. The second-order valence-electron chi connectivity index (χ2n) is 6.02. The number of unbranched alkanes of at least 4 members (excludes halogenated alkanes) is 1. The number of esters is 1. The van der Waals surface area contributed by atoms with Crippen molar-refractivity contribution in [3.8, 4) is 0 Å². The molecule has 0 aromatic heterocycles. The van der Waals surface area contributed by atoms with Crippen molar-refractivity contribution in [3.05, 3.63) is 0 Å². The van der Waals surface area contributed by atoms with Crippen LogP contribution in [-0.2, 0) is 19.1 Å². The van der Waals surface area contributed by atoms with Gasteiger partial charge in [-0.25, -0.2) is 0 Å². The molecule has 0 fully saturated rings. The van der Waals surface area contributed by atoms with Crippen LogP contribution in [0.2, 0.25) is 0 Å². The van der Waals surface area contributed by atoms with Crippen LogP contribution in [0.25, 0.3) is 0 Å². The standard InChI is InChI=1S/C14H27NO5.C2H7N.C2H6/c1-5-6-9-20-11(16)7-8-15-13(18)12(17)14(2,3)10-19-4;1-3-2;1-2/h12,17H,5-10H2,1-4H3,(H,15,18);3H,1-2H3;1-2H3/p+1/t12-;;/m0../s1. The summed E-state index contributed by atoms with van der Waals surface area (Å²) < 4.78 is 9.92. The Morgan fingerprint density at radius 1 is 1.24 bits per heavy atom. The molecule has 0 rings (SSSR count). The van der Waals surface area contributed by atoms with E-state index >= 15 is 0 Å². The fourth-order valence-electron chi connectivity index (χ4n) is 1.59. The molecular formula is C18H41N2O5+. The maximum atomic E-state index is 11.7. The molecular weight excluding hydrogens is 324 g/mol. The molecule has 0 aliphatic carbocycles. The fraction of sp³-hybridized carbons (Fsp3) is 0.889. The van der Waals surface area contributed by atoms with Crippen molar-refractivity contribution in [1.82, 2.24) is 5.32 Å². The molecule has 0 radical (unpaired) electrons. The Morgan fingerprint density at radius 3 is 2.20 bits per heavy atom. The number of nitrogens with one attached hydrogen (secondary N) is 1. The monoisotopic (exact) mass is 365 g/mol. The zero-order valence-corrected chi connectivity index (χ0v) is 17.5. The highest BCUT2D eigenvalue weighted by Gasteiger charge is 2.33. The highest BCUT2D eigenvalue weighted by molar-refractivity contribution is 5.81. The molecule has 1 amide bonds. The number of ether oxygens (including phenoxy) is 2. The molecule has 0 aromatic rings. The molecule has 0 saturated heterocycles. The number of aliphatic hydroxyl groups excluding tert-OH is 1. The van der Waals surface area contributed by atoms with Crippen molar-refractivity contribution in [3.63, 3.8) is 0 Å². The number of amides is 1. The fourth-order valence-corrected chi connectivity index (χ4v) is 1.59. The predicted octanol–water partition coefficient (Wildman–Crippen LogP) is 0.705. The molecule has 0 aromatic carbocycles. The molecule has 152 valence electrons. The molecule has 0 unspecified atom stereocenters. The number of aliphatic hydroxyl groups is 1. The number of carbonyl (C=O) groups excluding carboxylic acids is 2. The van der Waals surface area contributed by atoms with E-state index in [2.05, 4.69) is 5.32 Å². The quantitative estimate of drug-likeness (QED) is 0.391. The van der Waals surface area contributed by atoms with Gasteiger partial charge < -0.3 is 25.2 Å². The number of rotatable bonds is 10. The van der Waals surface area contributed by atoms with Gasteiger partial charge >= 0.3 is 5.97 Å². The van der Waals surface area contributed by atoms with Crippen LogP contribution in [0, 0.1) is 5.41 Å². The zero-order valence-electron chi connectivity index (χ0n) is 17.5. The predicted molar refractivity (Wildman–Crippen MR) is 100 cm³/mol. The van der Waals surface area contributed by atoms with Crippen LogP contribution in [0.4, 0.5) is 0 Å². The SMILES string of the molecule is CC.CCCCOC(=O)CCNC(=O)[C@H](O)C(C)(C)COC.C[NH2+]C. The first-order valence-corrected chi connectivity index (χ1v) is 9.11. The normalized spacial score (nSPS) is 11.2. The minimum absolute atomic E-state index is 0.104. The van der Waals surface area contributed by atoms with Gasteiger partial charge in [-0.3, -0.25) is 9.59 Å². The van der Waals surface area contributed by atoms with Crippen molar-refractivity contribution in [1.29, 1.82) is 0 Å². The molecule has 7 heteroatoms. The average molecular weight is 366 g/mol. The average Bonchev–Trinajstić information content (AvgIpc) is 2.56. The minimum atomic E-state index is -1.18. The van der Waals surface area contributed by atoms with E-state index in [1.165, 1.54) is 7.11 Å². The summed E-state index contributed by atoms with van der Waals surface area (Å²) in [6.45, 7) is 10.3. The van der Waals surface area contributed by atoms with Gasteiger partial charge in [0.2, 0.25) is 5.91 Å². The lowest BCUT2D eigenvalue weighted by Crippen LogP contribution is -2.74. The summed E-state index contributed by atoms with van der Waals surface area (Å²) in [7, 11) is 5.51. The largest absolute Gasteiger partial charge is 0.466 e. The number of carbonyl (C=O) groups is 2. The first-order valence-electron chi connectivity index (χ1n) is 9.11. The van der Waals surface area contributed by atoms with Gasteiger partial charge in [-0.1, -0.05) is 41.0 Å². The lowest BCUT2D eigenvalue weighted by atomic mass is 9.87. The van der Waals surface area contributed by atoms with Crippen LogP contribution in [0.1, 0.15) is 53.9 Å². The summed E-state index contributed by atoms with van der Waals surface area (Å²) in [5.74, 6) is -0.849. The van der Waals surface area contributed by atoms with Gasteiger partial charge in [0.15, 0.2) is 0 Å². The first kappa shape index (κ1) is 28.6. The van der Waals surface area contributed by atoms with E-state index in [-0.39, 0.29) is 25.5 Å². The summed E-state index contributed by atoms with van der Waals surface area (Å²) in [6.07, 6.45) is 0.721. The lowest BCUT2D eigenvalue weighted by molar-refractivity contribution is -0.597. The maximum absolute atomic E-state index is 11.7. The second-order valence-corrected chi connectivity index (χ2v) is 6.02. The topological polar surface area (TPSA) is 101 Å². The minimum Gasteiger partial charge on any atom is -0.466 e. The number of nitrogens with two attached hydrogens (primary N) is 1. The van der Waals surface area contributed by atoms with E-state index < -0.39 is 17.4 Å². The van der Waals surface area contributed by atoms with Gasteiger partial charge in [0, 0.05) is 19.1 Å². The Morgan fingerprint density at radius 2 is 1.76 bits per heavy atom. The summed E-state index contributed by atoms with van der Waals surface area (Å²) in [4.78, 5) is 23.1. The Balaban J connectivity index is -0.000000866. The molecule has 0 heterocycles. The molecule has 0 bridgehead atoms. The van der Waals surface area contributed by atoms with Crippen LogP contribution in [0.15, 0.2) is 0 Å². The van der Waals surface area contributed by atoms with Gasteiger partial charge in [-0.05, 0) is 6.42 Å². The number of hydrogen-bond donors (Lipinski definition) is 3. The zero-order chi connectivity index (χ0) is 20.3. The number of hydrogen-bond acceptors (Lipinski definition) is 5. The Kier molecular flexibility index (Phi) is 21.9. The third-order valence-corrected chi connectivity index (χ3v) is 2.89. The molecule has 7 nitrogen and oxygen atoms in total. The molecule has 4 N–H and O–H groups in total. The van der Waals surface area contributed by atoms with Crippen LogP contribution in [0.3, 0.4) is 0 Å². The summed E-state index contributed by atoms with van der Waals surface area (Å²) in [6, 6.07) is 0. The van der Waals surface area contributed by atoms with Gasteiger partial charge in [-0.2, -0.15) is 0 Å². The van der Waals surface area contributed by atoms with Crippen LogP contribution < -0.4 is 10.6 Å². The maximum Gasteiger partial charge on any atom is 0.307 e. The molecule has 0 saturated carbocycles. The lowest BCUT2D eigenvalue weighted by Gasteiger charge is -2.28. The second kappa shape index (κ2) is 19.1. The van der Waals surface area contributed by atoms with Gasteiger partial charge in [0.1, 0.15) is 6.10 Å². The van der Waals surface area contributed by atoms with E-state index in [4.69, 9.17) is 9.47 Å². The summed E-state index contributed by atoms with van der Waals surface area (Å²) in [5, 5.41) is 14.4. The Hall–Kier alpha value is -1.18. The Bertz CT molecular complexity index is 323. The van der Waals surface area contributed by atoms with Crippen LogP contribution in [0.5, 0.6) is 0 Å². The van der Waals surface area contributed by atoms with Crippen molar-refractivity contribution < 1.29 is 29.5 Å². The van der Waals surface area contributed by atoms with E-state index in [9.17, 15) is 14.7 Å². The van der Waals surface area contributed by atoms with E-state index in [1.807, 2.05) is 40.2 Å². The van der Waals surface area contributed by atoms with Gasteiger partial charge in [0.05, 0.1) is 33.7 Å². The summed E-state index contributed by atoms with van der Waals surface area (Å²) in [5.41, 5.74) is -0.680. The molecule has 0 spiro atoms. The van der Waals surface area contributed by atoms with Crippen molar-refractivity contribution in [2.24, 2.45) is 5.41 Å². The van der Waals surface area contributed by atoms with Crippen LogP contribution in [-0.4, -0.2) is 64.1 Å². The Labute approximate surface area is 153 Å². The van der Waals surface area contributed by atoms with Crippen molar-refractivity contribution >= 4 is 11.9 Å². The third-order valence-electron chi connectivity index (χ3n) is 2.89. The van der Waals surface area contributed by atoms with Gasteiger partial charge in [-0.15, -0.1) is 0 Å². The molecule has 1 atom stereocenters. The number of methoxy groups -OCH3 is 1. The summed E-state index contributed by atoms with van der Waals surface area (Å²) >= 11 is 0. The van der Waals surface area contributed by atoms with Gasteiger partial charge in [0.25, 0.3) is 0 Å². The highest BCUT2D eigenvalue weighted by Crippen LogP contribution is 2.20. The van der Waals surface area contributed by atoms with Crippen LogP contribution >= 0.6 is 0 Å². The van der Waals surface area contributed by atoms with E-state index in [1.54, 1.807) is 13.8 Å². The third kappa shape index (κ3) is 17.4. The van der Waals surface area contributed by atoms with Crippen molar-refractivity contribution in [2.45, 2.75) is 60.0 Å².